The molecule has 4 nitrogen and oxygen atoms in total. The summed E-state index contributed by atoms with van der Waals surface area (Å²) in [6.07, 6.45) is 0. The van der Waals surface area contributed by atoms with E-state index in [9.17, 15) is 0 Å². The number of hydrogen-bond donors (Lipinski definition) is 0. The van der Waals surface area contributed by atoms with Crippen LogP contribution >= 0.6 is 11.8 Å². The Morgan fingerprint density at radius 2 is 0.631 bits per heavy atom. The number of rotatable bonds is 14. The molecule has 1 aliphatic carbocycles. The molecule has 2 aromatic heterocycles. The highest BCUT2D eigenvalue weighted by Gasteiger charge is 2.51. The number of hydrogen-bond acceptors (Lipinski definition) is 5. The van der Waals surface area contributed by atoms with Crippen LogP contribution in [0.5, 0.6) is 0 Å². The molecule has 2 heterocycles. The molecular formula is C97H82N2O2SSi. The molecule has 0 amide bonds. The second kappa shape index (κ2) is 25.4. The highest BCUT2D eigenvalue weighted by molar-refractivity contribution is 7.99. The van der Waals surface area contributed by atoms with Crippen molar-refractivity contribution in [3.63, 3.8) is 0 Å². The number of furan rings is 2. The third kappa shape index (κ3) is 11.0. The lowest BCUT2D eigenvalue weighted by molar-refractivity contribution is 0.589. The Labute approximate surface area is 610 Å². The van der Waals surface area contributed by atoms with Crippen molar-refractivity contribution < 1.29 is 8.83 Å². The topological polar surface area (TPSA) is 32.8 Å². The Morgan fingerprint density at radius 3 is 1.08 bits per heavy atom. The van der Waals surface area contributed by atoms with Crippen LogP contribution in [0.4, 0.5) is 34.1 Å². The van der Waals surface area contributed by atoms with Gasteiger partial charge < -0.3 is 18.6 Å². The molecule has 502 valence electrons. The fraction of sp³-hybridized carbons (Fsp3) is 0.134. The van der Waals surface area contributed by atoms with Crippen LogP contribution in [-0.4, -0.2) is 8.07 Å². The van der Waals surface area contributed by atoms with Crippen LogP contribution in [0, 0.1) is 0 Å². The standard InChI is InChI=1S/C97H82N2O2SSi/c1-94(2,3)65-43-53-72(54-44-65)98(70-29-15-10-16-30-70)84-63-83-91(93-88(84)80-39-25-27-41-86(80)101-93)90-82(64-85(92-89(90)81-40-26-28-42-87(81)100-92)99(71-31-17-11-18-32-71)73-55-45-66(46-56-73)95(4,5)6)97(83,68-49-59-75(60-50-68)102-74-57-47-67(48-58-74)96(7,8)9)69-51-61-79(62-52-69)103(76-33-19-12-20-34-76,77-35-21-13-22-36-77)78-37-23-14-24-38-78/h10-64H,1-9H3. The molecule has 1 unspecified atom stereocenters. The first-order valence-corrected chi connectivity index (χ1v) is 38.9. The van der Waals surface area contributed by atoms with E-state index in [2.05, 4.69) is 406 Å². The van der Waals surface area contributed by atoms with Crippen molar-refractivity contribution in [2.24, 2.45) is 0 Å². The molecule has 0 bridgehead atoms. The number of fused-ring (bicyclic) bond motifs is 11. The maximum Gasteiger partial charge on any atom is 0.179 e. The van der Waals surface area contributed by atoms with Gasteiger partial charge in [0.2, 0.25) is 0 Å². The van der Waals surface area contributed by atoms with Crippen LogP contribution in [0.1, 0.15) is 101 Å². The van der Waals surface area contributed by atoms with E-state index in [0.717, 1.165) is 116 Å². The van der Waals surface area contributed by atoms with Gasteiger partial charge in [-0.05, 0) is 173 Å². The maximum absolute atomic E-state index is 7.80. The molecule has 0 aliphatic heterocycles. The van der Waals surface area contributed by atoms with Gasteiger partial charge in [0.1, 0.15) is 16.7 Å². The molecule has 103 heavy (non-hydrogen) atoms. The molecule has 6 heteroatoms. The summed E-state index contributed by atoms with van der Waals surface area (Å²) in [5.74, 6) is 0. The fourth-order valence-corrected chi connectivity index (χ4v) is 21.9. The summed E-state index contributed by atoms with van der Waals surface area (Å²) in [5.41, 5.74) is 18.5. The molecular weight excluding hydrogens is 1290 g/mol. The predicted molar refractivity (Wildman–Crippen MR) is 438 cm³/mol. The molecule has 0 fully saturated rings. The van der Waals surface area contributed by atoms with Crippen molar-refractivity contribution in [1.82, 2.24) is 0 Å². The van der Waals surface area contributed by atoms with Gasteiger partial charge >= 0.3 is 0 Å². The SMILES string of the molecule is CC(C)(C)c1ccc(Sc2ccc(C3(c4ccc([Si](c5ccccc5)(c5ccccc5)c5ccccc5)cc4)c4cc(N(c5ccccc5)c5ccc(C(C)(C)C)cc5)c5c(oc6ccccc65)c4-c4c3cc(N(c3ccccc3)c3ccc(C(C)(C)C)cc3)c3oc5ccccc5c43)cc2)cc1. The normalized spacial score (nSPS) is 14.0. The monoisotopic (exact) mass is 1370 g/mol. The summed E-state index contributed by atoms with van der Waals surface area (Å²) < 4.78 is 15.4. The number of nitrogens with zero attached hydrogens (tertiary/aromatic N) is 2. The largest absolute Gasteiger partial charge is 0.455 e. The van der Waals surface area contributed by atoms with Crippen LogP contribution in [0.3, 0.4) is 0 Å². The lowest BCUT2D eigenvalue weighted by Gasteiger charge is -2.37. The zero-order valence-electron chi connectivity index (χ0n) is 59.9. The number of anilines is 6. The molecule has 14 aromatic carbocycles. The Balaban J connectivity index is 1.05. The molecule has 0 saturated heterocycles. The van der Waals surface area contributed by atoms with E-state index < -0.39 is 13.5 Å². The van der Waals surface area contributed by atoms with Crippen LogP contribution in [0.2, 0.25) is 0 Å². The van der Waals surface area contributed by atoms with E-state index in [-0.39, 0.29) is 16.2 Å². The minimum Gasteiger partial charge on any atom is -0.455 e. The lowest BCUT2D eigenvalue weighted by atomic mass is 9.67. The number of para-hydroxylation sites is 4. The molecule has 0 N–H and O–H groups in total. The maximum atomic E-state index is 7.80. The summed E-state index contributed by atoms with van der Waals surface area (Å²) >= 11 is 1.80. The van der Waals surface area contributed by atoms with Gasteiger partial charge in [-0.3, -0.25) is 0 Å². The zero-order chi connectivity index (χ0) is 70.4. The van der Waals surface area contributed by atoms with Crippen molar-refractivity contribution in [2.75, 3.05) is 9.80 Å². The minimum absolute atomic E-state index is 0.0333. The Morgan fingerprint density at radius 1 is 0.301 bits per heavy atom. The molecule has 1 aliphatic rings. The van der Waals surface area contributed by atoms with Gasteiger partial charge in [0.25, 0.3) is 0 Å². The highest BCUT2D eigenvalue weighted by atomic mass is 32.2. The van der Waals surface area contributed by atoms with E-state index in [4.69, 9.17) is 8.83 Å². The molecule has 0 spiro atoms. The lowest BCUT2D eigenvalue weighted by Crippen LogP contribution is -2.74. The van der Waals surface area contributed by atoms with E-state index in [0.29, 0.717) is 0 Å². The summed E-state index contributed by atoms with van der Waals surface area (Å²) in [6, 6.07) is 125. The first-order valence-electron chi connectivity index (χ1n) is 36.0. The third-order valence-corrected chi connectivity index (χ3v) is 27.2. The first kappa shape index (κ1) is 65.2. The summed E-state index contributed by atoms with van der Waals surface area (Å²) in [5, 5.41) is 9.34. The highest BCUT2D eigenvalue weighted by Crippen LogP contribution is 2.65. The van der Waals surface area contributed by atoms with Gasteiger partial charge in [0.15, 0.2) is 13.7 Å². The smallest absolute Gasteiger partial charge is 0.179 e. The van der Waals surface area contributed by atoms with Gasteiger partial charge in [0.05, 0.1) is 22.2 Å². The summed E-state index contributed by atoms with van der Waals surface area (Å²) in [7, 11) is -3.05. The fourth-order valence-electron chi connectivity index (χ4n) is 16.3. The van der Waals surface area contributed by atoms with E-state index in [1.807, 2.05) is 0 Å². The van der Waals surface area contributed by atoms with Gasteiger partial charge in [-0.25, -0.2) is 0 Å². The second-order valence-corrected chi connectivity index (χ2v) is 35.7. The molecule has 1 atom stereocenters. The average Bonchev–Trinajstić information content (AvgIpc) is 1.50. The van der Waals surface area contributed by atoms with E-state index >= 15 is 0 Å². The number of benzene rings is 14. The Bertz CT molecular complexity index is 5680. The van der Waals surface area contributed by atoms with Gasteiger partial charge in [0, 0.05) is 59.8 Å². The molecule has 0 radical (unpaired) electrons. The zero-order valence-corrected chi connectivity index (χ0v) is 61.7. The van der Waals surface area contributed by atoms with Crippen molar-refractivity contribution in [3.05, 3.63) is 373 Å². The summed E-state index contributed by atoms with van der Waals surface area (Å²) in [6.45, 7) is 20.6. The Hall–Kier alpha value is -11.2. The molecule has 0 saturated carbocycles. The van der Waals surface area contributed by atoms with E-state index in [1.165, 1.54) is 42.3 Å². The quantitative estimate of drug-likeness (QED) is 0.0800. The van der Waals surface area contributed by atoms with E-state index in [1.54, 1.807) is 11.8 Å². The van der Waals surface area contributed by atoms with Crippen molar-refractivity contribution >= 4 is 119 Å². The minimum atomic E-state index is -3.05. The molecule has 17 rings (SSSR count). The van der Waals surface area contributed by atoms with Gasteiger partial charge in [-0.15, -0.1) is 0 Å². The first-order chi connectivity index (χ1) is 50.0. The summed E-state index contributed by atoms with van der Waals surface area (Å²) in [4.78, 5) is 7.24. The van der Waals surface area contributed by atoms with Crippen LogP contribution in [0.15, 0.2) is 352 Å². The van der Waals surface area contributed by atoms with Gasteiger partial charge in [-0.2, -0.15) is 0 Å². The van der Waals surface area contributed by atoms with Crippen LogP contribution in [0.25, 0.3) is 55.0 Å². The van der Waals surface area contributed by atoms with Crippen LogP contribution < -0.4 is 30.5 Å². The average molecular weight is 1370 g/mol. The predicted octanol–water partition coefficient (Wildman–Crippen LogP) is 24.2. The molecule has 16 aromatic rings. The van der Waals surface area contributed by atoms with Crippen molar-refractivity contribution in [2.45, 2.75) is 93.8 Å². The second-order valence-electron chi connectivity index (χ2n) is 30.8. The van der Waals surface area contributed by atoms with Crippen molar-refractivity contribution in [3.8, 4) is 11.1 Å². The third-order valence-electron chi connectivity index (χ3n) is 21.4. The van der Waals surface area contributed by atoms with Crippen molar-refractivity contribution in [1.29, 1.82) is 0 Å². The van der Waals surface area contributed by atoms with Crippen LogP contribution in [-0.2, 0) is 21.7 Å². The Kier molecular flexibility index (Phi) is 16.1. The van der Waals surface area contributed by atoms with Gasteiger partial charge in [-0.1, -0.05) is 311 Å².